The van der Waals surface area contributed by atoms with Crippen LogP contribution in [0, 0.1) is 17.1 Å². The van der Waals surface area contributed by atoms with E-state index in [9.17, 15) is 19.8 Å². The summed E-state index contributed by atoms with van der Waals surface area (Å²) in [6, 6.07) is 15.6. The molecule has 15 heteroatoms. The van der Waals surface area contributed by atoms with E-state index >= 15 is 4.39 Å². The molecular formula is C30H25FN8O6. The number of nitrogens with zero attached hydrogens (tertiary/aromatic N) is 6. The Bertz CT molecular complexity index is 1970. The Balaban J connectivity index is 1.32. The summed E-state index contributed by atoms with van der Waals surface area (Å²) in [5, 5.41) is 42.5. The number of amides is 2. The average molecular weight is 613 g/mol. The first-order chi connectivity index (χ1) is 21.7. The van der Waals surface area contributed by atoms with Crippen LogP contribution >= 0.6 is 0 Å². The fourth-order valence-corrected chi connectivity index (χ4v) is 5.17. The van der Waals surface area contributed by atoms with Crippen LogP contribution in [0.3, 0.4) is 0 Å². The van der Waals surface area contributed by atoms with E-state index in [-0.39, 0.29) is 48.2 Å². The van der Waals surface area contributed by atoms with Gasteiger partial charge in [-0.1, -0.05) is 23.4 Å². The number of nitrogen functional groups attached to an aromatic ring is 1. The number of phenolic OH excluding ortho intramolecular Hbond substituents is 1. The molecule has 3 aromatic heterocycles. The minimum Gasteiger partial charge on any atom is -0.507 e. The number of benzene rings is 2. The van der Waals surface area contributed by atoms with E-state index < -0.39 is 35.9 Å². The highest BCUT2D eigenvalue weighted by molar-refractivity contribution is 5.98. The number of ether oxygens (including phenoxy) is 1. The number of aromatic nitrogens is 4. The van der Waals surface area contributed by atoms with Gasteiger partial charge >= 0.3 is 0 Å². The Labute approximate surface area is 254 Å². The predicted octanol–water partition coefficient (Wildman–Crippen LogP) is 1.84. The van der Waals surface area contributed by atoms with E-state index in [4.69, 9.17) is 20.3 Å². The molecule has 1 fully saturated rings. The number of fused-ring (bicyclic) bond motifs is 1. The molecule has 4 heterocycles. The van der Waals surface area contributed by atoms with Crippen LogP contribution in [-0.2, 0) is 16.0 Å². The Hall–Kier alpha value is -5.85. The zero-order valence-electron chi connectivity index (χ0n) is 23.4. The molecule has 0 aliphatic carbocycles. The molecule has 5 aromatic rings. The van der Waals surface area contributed by atoms with Crippen molar-refractivity contribution in [3.63, 3.8) is 0 Å². The van der Waals surface area contributed by atoms with E-state index in [0.29, 0.717) is 22.2 Å². The summed E-state index contributed by atoms with van der Waals surface area (Å²) in [6.07, 6.45) is 0.624. The lowest BCUT2D eigenvalue weighted by molar-refractivity contribution is -0.157. The molecule has 2 atom stereocenters. The third-order valence-corrected chi connectivity index (χ3v) is 7.39. The van der Waals surface area contributed by atoms with Crippen molar-refractivity contribution in [2.45, 2.75) is 18.1 Å². The van der Waals surface area contributed by atoms with Crippen LogP contribution in [0.1, 0.15) is 21.6 Å². The van der Waals surface area contributed by atoms with Crippen LogP contribution in [0.4, 0.5) is 16.0 Å². The van der Waals surface area contributed by atoms with Gasteiger partial charge in [0.1, 0.15) is 23.1 Å². The minimum absolute atomic E-state index is 0.0424. The van der Waals surface area contributed by atoms with Crippen LogP contribution < -0.4 is 16.0 Å². The predicted molar refractivity (Wildman–Crippen MR) is 156 cm³/mol. The first-order valence-electron chi connectivity index (χ1n) is 13.6. The molecule has 0 bridgehead atoms. The summed E-state index contributed by atoms with van der Waals surface area (Å²) < 4.78 is 27.5. The molecule has 1 saturated heterocycles. The van der Waals surface area contributed by atoms with Gasteiger partial charge in [-0.05, 0) is 35.9 Å². The summed E-state index contributed by atoms with van der Waals surface area (Å²) in [5.74, 6) is -2.75. The number of aliphatic hydroxyl groups is 1. The van der Waals surface area contributed by atoms with Crippen LogP contribution in [-0.4, -0.2) is 73.3 Å². The monoisotopic (exact) mass is 612 g/mol. The summed E-state index contributed by atoms with van der Waals surface area (Å²) in [7, 11) is 0. The molecule has 6 rings (SSSR count). The quantitative estimate of drug-likeness (QED) is 0.199. The van der Waals surface area contributed by atoms with E-state index in [1.807, 2.05) is 6.07 Å². The first kappa shape index (κ1) is 29.2. The average Bonchev–Trinajstić information content (AvgIpc) is 3.62. The Morgan fingerprint density at radius 2 is 2.07 bits per heavy atom. The van der Waals surface area contributed by atoms with Crippen molar-refractivity contribution in [1.82, 2.24) is 25.2 Å². The van der Waals surface area contributed by atoms with Gasteiger partial charge in [0.15, 0.2) is 29.1 Å². The number of pyridine rings is 1. The number of hydrogen-bond acceptors (Lipinski definition) is 11. The normalized spacial score (nSPS) is 16.3. The van der Waals surface area contributed by atoms with Crippen molar-refractivity contribution >= 4 is 34.4 Å². The van der Waals surface area contributed by atoms with Crippen molar-refractivity contribution in [3.8, 4) is 17.5 Å². The number of aromatic hydroxyl groups is 1. The van der Waals surface area contributed by atoms with E-state index in [1.54, 1.807) is 30.3 Å². The molecule has 1 unspecified atom stereocenters. The van der Waals surface area contributed by atoms with Gasteiger partial charge in [-0.15, -0.1) is 5.10 Å². The zero-order chi connectivity index (χ0) is 31.7. The smallest absolute Gasteiger partial charge is 0.260 e. The van der Waals surface area contributed by atoms with Crippen molar-refractivity contribution in [2.75, 3.05) is 30.3 Å². The topological polar surface area (TPSA) is 206 Å². The number of nitriles is 1. The maximum atomic E-state index is 15.3. The van der Waals surface area contributed by atoms with Gasteiger partial charge in [-0.25, -0.2) is 14.1 Å². The van der Waals surface area contributed by atoms with Crippen LogP contribution in [0.25, 0.3) is 16.7 Å². The summed E-state index contributed by atoms with van der Waals surface area (Å²) in [5.41, 5.74) is 4.97. The molecule has 0 spiro atoms. The molecular weight excluding hydrogens is 587 g/mol. The fourth-order valence-electron chi connectivity index (χ4n) is 5.17. The fraction of sp³-hybridized carbons (Fsp3) is 0.200. The van der Waals surface area contributed by atoms with Crippen LogP contribution in [0.15, 0.2) is 71.5 Å². The number of carbonyl (C=O) groups is 2. The molecule has 228 valence electrons. The van der Waals surface area contributed by atoms with E-state index in [0.717, 1.165) is 11.1 Å². The van der Waals surface area contributed by atoms with Gasteiger partial charge in [0, 0.05) is 18.7 Å². The van der Waals surface area contributed by atoms with Gasteiger partial charge in [-0.2, -0.15) is 5.26 Å². The Morgan fingerprint density at radius 1 is 1.24 bits per heavy atom. The number of rotatable bonds is 8. The Morgan fingerprint density at radius 3 is 2.87 bits per heavy atom. The highest BCUT2D eigenvalue weighted by atomic mass is 19.1. The second-order valence-corrected chi connectivity index (χ2v) is 10.4. The van der Waals surface area contributed by atoms with Gasteiger partial charge in [0.25, 0.3) is 11.8 Å². The first-order valence-corrected chi connectivity index (χ1v) is 13.6. The van der Waals surface area contributed by atoms with E-state index in [1.165, 1.54) is 35.1 Å². The Kier molecular flexibility index (Phi) is 7.59. The maximum Gasteiger partial charge on any atom is 0.260 e. The molecule has 2 aromatic carbocycles. The number of phenols is 1. The summed E-state index contributed by atoms with van der Waals surface area (Å²) in [6.45, 7) is -0.664. The molecule has 5 N–H and O–H groups in total. The largest absolute Gasteiger partial charge is 0.507 e. The number of hydrogen-bond donors (Lipinski definition) is 4. The standard InChI is InChI=1S/C30H25FN8O6/c31-22-15-39(19-7-8-34-18(12-19)14-32)36-27(22)38-9-10-44-25(29(38)42)30(43,16-35-28(41)20-3-1-2-4-23(20)40)13-17-5-6-21-24(11-17)45-37-26(21)33/h1-8,11-12,15,25,40,43H,9-10,13,16H2,(H2,33,37)(H,35,41)/t25-,30?/m0/s1. The number of para-hydroxylation sites is 1. The molecule has 45 heavy (non-hydrogen) atoms. The van der Waals surface area contributed by atoms with Crippen LogP contribution in [0.5, 0.6) is 5.75 Å². The number of anilines is 2. The molecule has 0 saturated carbocycles. The third kappa shape index (κ3) is 5.62. The molecule has 1 aliphatic heterocycles. The number of carbonyl (C=O) groups excluding carboxylic acids is 2. The molecule has 1 aliphatic rings. The van der Waals surface area contributed by atoms with Crippen molar-refractivity contribution < 1.29 is 33.5 Å². The van der Waals surface area contributed by atoms with Gasteiger partial charge in [0.2, 0.25) is 0 Å². The molecule has 0 radical (unpaired) electrons. The number of nitrogens with two attached hydrogens (primary N) is 1. The summed E-state index contributed by atoms with van der Waals surface area (Å²) >= 11 is 0. The van der Waals surface area contributed by atoms with Crippen molar-refractivity contribution in [1.29, 1.82) is 5.26 Å². The van der Waals surface area contributed by atoms with Gasteiger partial charge < -0.3 is 30.5 Å². The van der Waals surface area contributed by atoms with Gasteiger partial charge in [0.05, 0.1) is 42.5 Å². The number of morpholine rings is 1. The minimum atomic E-state index is -2.08. The number of nitrogens with one attached hydrogen (secondary N) is 1. The number of halogens is 1. The van der Waals surface area contributed by atoms with Crippen LogP contribution in [0.2, 0.25) is 0 Å². The lowest BCUT2D eigenvalue weighted by Gasteiger charge is -2.40. The lowest BCUT2D eigenvalue weighted by Crippen LogP contribution is -2.63. The SMILES string of the molecule is N#Cc1cc(-n2cc(F)c(N3CCO[C@H](C(O)(CNC(=O)c4ccccc4O)Cc4ccc5c(N)noc5c4)C3=O)n2)ccn1. The zero-order valence-corrected chi connectivity index (χ0v) is 23.4. The second kappa shape index (κ2) is 11.7. The second-order valence-electron chi connectivity index (χ2n) is 10.4. The van der Waals surface area contributed by atoms with Crippen molar-refractivity contribution in [3.05, 3.63) is 89.6 Å². The van der Waals surface area contributed by atoms with Gasteiger partial charge in [-0.3, -0.25) is 14.5 Å². The molecule has 14 nitrogen and oxygen atoms in total. The third-order valence-electron chi connectivity index (χ3n) is 7.39. The molecule has 2 amide bonds. The summed E-state index contributed by atoms with van der Waals surface area (Å²) in [4.78, 5) is 31.8. The maximum absolute atomic E-state index is 15.3. The highest BCUT2D eigenvalue weighted by Crippen LogP contribution is 2.30. The van der Waals surface area contributed by atoms with Crippen molar-refractivity contribution in [2.24, 2.45) is 0 Å². The highest BCUT2D eigenvalue weighted by Gasteiger charge is 2.48. The van der Waals surface area contributed by atoms with E-state index in [2.05, 4.69) is 20.6 Å². The lowest BCUT2D eigenvalue weighted by atomic mass is 9.86.